The van der Waals surface area contributed by atoms with Gasteiger partial charge in [0.25, 0.3) is 11.7 Å². The highest BCUT2D eigenvalue weighted by molar-refractivity contribution is 5.58. The van der Waals surface area contributed by atoms with Gasteiger partial charge in [-0.15, -0.1) is 0 Å². The number of hydrogen-bond acceptors (Lipinski definition) is 7. The van der Waals surface area contributed by atoms with E-state index >= 15 is 0 Å². The van der Waals surface area contributed by atoms with Gasteiger partial charge in [0.2, 0.25) is 0 Å². The van der Waals surface area contributed by atoms with Crippen molar-refractivity contribution in [1.82, 2.24) is 4.98 Å². The molecule has 11 heteroatoms. The minimum atomic E-state index is -4.40. The van der Waals surface area contributed by atoms with Crippen molar-refractivity contribution in [3.05, 3.63) is 70.4 Å². The summed E-state index contributed by atoms with van der Waals surface area (Å²) in [6.45, 7) is 1.60. The fourth-order valence-corrected chi connectivity index (χ4v) is 5.80. The Kier molecular flexibility index (Phi) is 7.04. The lowest BCUT2D eigenvalue weighted by Crippen LogP contribution is -2.63. The quantitative estimate of drug-likeness (QED) is 0.287. The van der Waals surface area contributed by atoms with Crippen LogP contribution in [0.15, 0.2) is 59.1 Å². The zero-order valence-corrected chi connectivity index (χ0v) is 20.8. The average molecular weight is 530 g/mol. The fourth-order valence-electron chi connectivity index (χ4n) is 5.80. The van der Waals surface area contributed by atoms with Crippen molar-refractivity contribution in [2.75, 3.05) is 23.3 Å². The van der Waals surface area contributed by atoms with Gasteiger partial charge in [-0.3, -0.25) is 10.1 Å². The van der Waals surface area contributed by atoms with Crippen LogP contribution in [0.4, 0.5) is 30.6 Å². The van der Waals surface area contributed by atoms with Crippen molar-refractivity contribution in [2.45, 2.75) is 56.3 Å². The van der Waals surface area contributed by atoms with Gasteiger partial charge in [-0.1, -0.05) is 25.0 Å². The van der Waals surface area contributed by atoms with Crippen LogP contribution in [-0.2, 0) is 6.18 Å². The van der Waals surface area contributed by atoms with Crippen molar-refractivity contribution in [2.24, 2.45) is 11.7 Å². The highest BCUT2D eigenvalue weighted by atomic mass is 19.4. The molecule has 5 rings (SSSR count). The first-order valence-corrected chi connectivity index (χ1v) is 12.8. The second-order valence-electron chi connectivity index (χ2n) is 10.2. The third-order valence-electron chi connectivity index (χ3n) is 7.91. The van der Waals surface area contributed by atoms with Crippen molar-refractivity contribution in [1.29, 1.82) is 0 Å². The van der Waals surface area contributed by atoms with Crippen LogP contribution in [-0.4, -0.2) is 34.6 Å². The van der Waals surface area contributed by atoms with E-state index in [1.54, 1.807) is 12.1 Å². The molecular weight excluding hydrogens is 499 g/mol. The Morgan fingerprint density at radius 2 is 1.82 bits per heavy atom. The molecule has 1 aliphatic carbocycles. The number of benzene rings is 2. The molecule has 202 valence electrons. The van der Waals surface area contributed by atoms with E-state index < -0.39 is 22.2 Å². The van der Waals surface area contributed by atoms with Gasteiger partial charge in [-0.2, -0.15) is 13.2 Å². The number of piperidine rings is 1. The molecule has 0 spiro atoms. The van der Waals surface area contributed by atoms with Crippen LogP contribution in [0.5, 0.6) is 0 Å². The maximum Gasteiger partial charge on any atom is 0.416 e. The number of nitrogens with one attached hydrogen (secondary N) is 1. The van der Waals surface area contributed by atoms with Crippen molar-refractivity contribution in [3.63, 3.8) is 0 Å². The number of non-ortho nitro benzene ring substituents is 1. The predicted molar refractivity (Wildman–Crippen MR) is 138 cm³/mol. The molecule has 3 N–H and O–H groups in total. The molecule has 3 unspecified atom stereocenters. The normalized spacial score (nSPS) is 24.3. The molecule has 1 aromatic heterocycles. The second-order valence-corrected chi connectivity index (χ2v) is 10.2. The first-order chi connectivity index (χ1) is 18.1. The molecule has 3 aromatic rings. The Morgan fingerprint density at radius 1 is 1.08 bits per heavy atom. The van der Waals surface area contributed by atoms with Gasteiger partial charge < -0.3 is 20.4 Å². The van der Waals surface area contributed by atoms with E-state index in [2.05, 4.69) is 15.2 Å². The number of rotatable bonds is 6. The zero-order valence-electron chi connectivity index (χ0n) is 20.8. The Balaban J connectivity index is 1.30. The van der Waals surface area contributed by atoms with Crippen LogP contribution in [0.2, 0.25) is 0 Å². The summed E-state index contributed by atoms with van der Waals surface area (Å²) >= 11 is 0. The lowest BCUT2D eigenvalue weighted by molar-refractivity contribution is -0.384. The van der Waals surface area contributed by atoms with E-state index in [0.29, 0.717) is 17.3 Å². The van der Waals surface area contributed by atoms with E-state index in [1.807, 2.05) is 0 Å². The monoisotopic (exact) mass is 529 g/mol. The number of aromatic nitrogens is 1. The molecule has 1 saturated heterocycles. The summed E-state index contributed by atoms with van der Waals surface area (Å²) in [6.07, 6.45) is 2.77. The molecule has 0 amide bonds. The maximum absolute atomic E-state index is 12.9. The third kappa shape index (κ3) is 5.33. The van der Waals surface area contributed by atoms with E-state index in [0.717, 1.165) is 69.4 Å². The summed E-state index contributed by atoms with van der Waals surface area (Å²) in [4.78, 5) is 17.2. The molecule has 8 nitrogen and oxygen atoms in total. The molecule has 38 heavy (non-hydrogen) atoms. The van der Waals surface area contributed by atoms with Gasteiger partial charge >= 0.3 is 6.18 Å². The van der Waals surface area contributed by atoms with Crippen LogP contribution in [0, 0.1) is 16.0 Å². The lowest BCUT2D eigenvalue weighted by atomic mass is 9.67. The van der Waals surface area contributed by atoms with Gasteiger partial charge in [-0.05, 0) is 55.9 Å². The van der Waals surface area contributed by atoms with Gasteiger partial charge in [0, 0.05) is 48.1 Å². The van der Waals surface area contributed by atoms with Crippen LogP contribution < -0.4 is 16.0 Å². The SMILES string of the molecule is NC1(C2CCCN(c3ccc([N+](=O)[O-])cc3)C2)CCCCC1Nc1ncc(-c2ccc(C(F)(F)F)cc2)o1. The molecule has 0 radical (unpaired) electrons. The Hall–Kier alpha value is -3.60. The summed E-state index contributed by atoms with van der Waals surface area (Å²) in [5, 5.41) is 14.4. The maximum atomic E-state index is 12.9. The number of alkyl halides is 3. The third-order valence-corrected chi connectivity index (χ3v) is 7.91. The molecule has 2 fully saturated rings. The smallest absolute Gasteiger partial charge is 0.416 e. The van der Waals surface area contributed by atoms with Crippen LogP contribution in [0.25, 0.3) is 11.3 Å². The van der Waals surface area contributed by atoms with Crippen LogP contribution in [0.1, 0.15) is 44.1 Å². The number of oxazole rings is 1. The summed E-state index contributed by atoms with van der Waals surface area (Å²) < 4.78 is 44.6. The van der Waals surface area contributed by atoms with Crippen molar-refractivity contribution in [3.8, 4) is 11.3 Å². The number of halogens is 3. The number of nitrogens with zero attached hydrogens (tertiary/aromatic N) is 3. The van der Waals surface area contributed by atoms with E-state index in [1.165, 1.54) is 30.5 Å². The molecule has 1 aliphatic heterocycles. The van der Waals surface area contributed by atoms with Gasteiger partial charge in [0.05, 0.1) is 16.7 Å². The second kappa shape index (κ2) is 10.3. The first kappa shape index (κ1) is 26.0. The van der Waals surface area contributed by atoms with E-state index in [9.17, 15) is 23.3 Å². The zero-order chi connectivity index (χ0) is 26.9. The number of anilines is 2. The summed E-state index contributed by atoms with van der Waals surface area (Å²) in [7, 11) is 0. The average Bonchev–Trinajstić information content (AvgIpc) is 3.38. The Morgan fingerprint density at radius 3 is 2.50 bits per heavy atom. The molecule has 2 aliphatic rings. The van der Waals surface area contributed by atoms with Crippen LogP contribution >= 0.6 is 0 Å². The largest absolute Gasteiger partial charge is 0.424 e. The molecule has 0 bridgehead atoms. The Labute approximate surface area is 218 Å². The number of nitro benzene ring substituents is 1. The van der Waals surface area contributed by atoms with Crippen LogP contribution in [0.3, 0.4) is 0 Å². The molecule has 2 aromatic carbocycles. The molecular formula is C27H30F3N5O3. The summed E-state index contributed by atoms with van der Waals surface area (Å²) in [5.74, 6) is 0.565. The molecule has 3 atom stereocenters. The van der Waals surface area contributed by atoms with E-state index in [4.69, 9.17) is 10.2 Å². The van der Waals surface area contributed by atoms with Crippen molar-refractivity contribution >= 4 is 17.4 Å². The number of nitrogens with two attached hydrogens (primary N) is 1. The highest BCUT2D eigenvalue weighted by Crippen LogP contribution is 2.40. The predicted octanol–water partition coefficient (Wildman–Crippen LogP) is 6.24. The lowest BCUT2D eigenvalue weighted by Gasteiger charge is -2.50. The Bertz CT molecular complexity index is 1260. The minimum Gasteiger partial charge on any atom is -0.424 e. The highest BCUT2D eigenvalue weighted by Gasteiger charge is 2.45. The minimum absolute atomic E-state index is 0.0655. The standard InChI is InChI=1S/C27H30F3N5O3/c28-27(29,30)19-8-6-18(7-9-19)23-16-32-25(38-23)33-24-5-1-2-14-26(24,31)20-4-3-15-34(17-20)21-10-12-22(13-11-21)35(36)37/h6-13,16,20,24H,1-5,14-15,17,31H2,(H,32,33). The first-order valence-electron chi connectivity index (χ1n) is 12.8. The molecule has 2 heterocycles. The van der Waals surface area contributed by atoms with Crippen molar-refractivity contribution < 1.29 is 22.5 Å². The van der Waals surface area contributed by atoms with Gasteiger partial charge in [-0.25, -0.2) is 4.98 Å². The summed E-state index contributed by atoms with van der Waals surface area (Å²) in [6, 6.07) is 11.6. The van der Waals surface area contributed by atoms with Gasteiger partial charge in [0.1, 0.15) is 0 Å². The fraction of sp³-hybridized carbons (Fsp3) is 0.444. The van der Waals surface area contributed by atoms with E-state index in [-0.39, 0.29) is 17.6 Å². The molecule has 1 saturated carbocycles. The topological polar surface area (TPSA) is 110 Å². The number of hydrogen-bond donors (Lipinski definition) is 2. The number of nitro groups is 1. The van der Waals surface area contributed by atoms with Gasteiger partial charge in [0.15, 0.2) is 5.76 Å². The summed E-state index contributed by atoms with van der Waals surface area (Å²) in [5.41, 5.74) is 7.43.